The highest BCUT2D eigenvalue weighted by molar-refractivity contribution is 4.80. The van der Waals surface area contributed by atoms with Gasteiger partial charge in [-0.05, 0) is 51.6 Å². The van der Waals surface area contributed by atoms with E-state index in [-0.39, 0.29) is 0 Å². The van der Waals surface area contributed by atoms with Crippen LogP contribution in [0.2, 0.25) is 0 Å². The van der Waals surface area contributed by atoms with Crippen molar-refractivity contribution in [1.29, 1.82) is 0 Å². The molecule has 0 aromatic rings. The van der Waals surface area contributed by atoms with Crippen molar-refractivity contribution < 1.29 is 0 Å². The van der Waals surface area contributed by atoms with E-state index in [1.807, 2.05) is 0 Å². The molecular formula is C14H27N. The lowest BCUT2D eigenvalue weighted by Crippen LogP contribution is -2.40. The van der Waals surface area contributed by atoms with E-state index >= 15 is 0 Å². The molecule has 0 amide bonds. The highest BCUT2D eigenvalue weighted by Crippen LogP contribution is 2.35. The Kier molecular flexibility index (Phi) is 4.07. The number of likely N-dealkylation sites (tertiary alicyclic amines) is 1. The van der Waals surface area contributed by atoms with Crippen LogP contribution in [0.5, 0.6) is 0 Å². The molecule has 0 aromatic heterocycles. The first-order valence-corrected chi connectivity index (χ1v) is 7.01. The Balaban J connectivity index is 1.77. The van der Waals surface area contributed by atoms with Gasteiger partial charge in [-0.1, -0.05) is 32.1 Å². The maximum atomic E-state index is 2.65. The molecule has 0 radical (unpaired) electrons. The number of hydrogen-bond acceptors (Lipinski definition) is 1. The Morgan fingerprint density at radius 3 is 1.87 bits per heavy atom. The molecule has 88 valence electrons. The molecule has 1 nitrogen and oxygen atoms in total. The predicted molar refractivity (Wildman–Crippen MR) is 66.0 cm³/mol. The summed E-state index contributed by atoms with van der Waals surface area (Å²) in [6.45, 7) is 7.39. The SMILES string of the molecule is CC(C)N1CCC(C2CCCCC2)CC1. The van der Waals surface area contributed by atoms with Crippen molar-refractivity contribution in [2.75, 3.05) is 13.1 Å². The Morgan fingerprint density at radius 2 is 1.33 bits per heavy atom. The first-order valence-electron chi connectivity index (χ1n) is 7.01. The molecule has 1 heteroatoms. The van der Waals surface area contributed by atoms with Gasteiger partial charge in [0.25, 0.3) is 0 Å². The molecule has 0 unspecified atom stereocenters. The Morgan fingerprint density at radius 1 is 0.800 bits per heavy atom. The van der Waals surface area contributed by atoms with Crippen molar-refractivity contribution >= 4 is 0 Å². The average molecular weight is 209 g/mol. The van der Waals surface area contributed by atoms with Crippen LogP contribution in [0.25, 0.3) is 0 Å². The molecule has 0 aromatic carbocycles. The highest BCUT2D eigenvalue weighted by Gasteiger charge is 2.27. The molecule has 2 aliphatic rings. The van der Waals surface area contributed by atoms with Gasteiger partial charge in [0.2, 0.25) is 0 Å². The minimum Gasteiger partial charge on any atom is -0.301 e. The Bertz CT molecular complexity index is 174. The van der Waals surface area contributed by atoms with Crippen LogP contribution in [0.3, 0.4) is 0 Å². The largest absolute Gasteiger partial charge is 0.301 e. The number of piperidine rings is 1. The van der Waals surface area contributed by atoms with Gasteiger partial charge >= 0.3 is 0 Å². The molecule has 0 atom stereocenters. The Hall–Kier alpha value is -0.0400. The minimum absolute atomic E-state index is 0.761. The van der Waals surface area contributed by atoms with Crippen molar-refractivity contribution in [3.63, 3.8) is 0 Å². The Labute approximate surface area is 95.2 Å². The second kappa shape index (κ2) is 5.34. The third-order valence-corrected chi connectivity index (χ3v) is 4.62. The van der Waals surface area contributed by atoms with Gasteiger partial charge in [0.15, 0.2) is 0 Å². The van der Waals surface area contributed by atoms with Crippen LogP contribution in [0, 0.1) is 11.8 Å². The number of nitrogens with zero attached hydrogens (tertiary/aromatic N) is 1. The van der Waals surface area contributed by atoms with Gasteiger partial charge in [-0.2, -0.15) is 0 Å². The fourth-order valence-corrected chi connectivity index (χ4v) is 3.51. The van der Waals surface area contributed by atoms with Gasteiger partial charge < -0.3 is 4.90 Å². The normalized spacial score (nSPS) is 27.4. The monoisotopic (exact) mass is 209 g/mol. The van der Waals surface area contributed by atoms with Gasteiger partial charge in [0, 0.05) is 6.04 Å². The summed E-state index contributed by atoms with van der Waals surface area (Å²) >= 11 is 0. The van der Waals surface area contributed by atoms with Gasteiger partial charge in [0.1, 0.15) is 0 Å². The van der Waals surface area contributed by atoms with E-state index in [1.54, 1.807) is 0 Å². The molecule has 0 bridgehead atoms. The second-order valence-electron chi connectivity index (χ2n) is 5.87. The summed E-state index contributed by atoms with van der Waals surface area (Å²) < 4.78 is 0. The molecule has 15 heavy (non-hydrogen) atoms. The van der Waals surface area contributed by atoms with Crippen molar-refractivity contribution in [3.8, 4) is 0 Å². The van der Waals surface area contributed by atoms with Crippen LogP contribution in [0.15, 0.2) is 0 Å². The first kappa shape index (κ1) is 11.4. The summed E-state index contributed by atoms with van der Waals surface area (Å²) in [5.74, 6) is 2.16. The summed E-state index contributed by atoms with van der Waals surface area (Å²) in [6, 6.07) is 0.761. The molecule has 1 saturated heterocycles. The highest BCUT2D eigenvalue weighted by atomic mass is 15.1. The van der Waals surface area contributed by atoms with E-state index in [1.165, 1.54) is 58.0 Å². The molecule has 2 rings (SSSR count). The molecule has 0 N–H and O–H groups in total. The van der Waals surface area contributed by atoms with Gasteiger partial charge in [-0.15, -0.1) is 0 Å². The zero-order valence-corrected chi connectivity index (χ0v) is 10.5. The topological polar surface area (TPSA) is 3.24 Å². The summed E-state index contributed by atoms with van der Waals surface area (Å²) in [5, 5.41) is 0. The third-order valence-electron chi connectivity index (χ3n) is 4.62. The number of hydrogen-bond donors (Lipinski definition) is 0. The van der Waals surface area contributed by atoms with Crippen LogP contribution in [-0.4, -0.2) is 24.0 Å². The number of rotatable bonds is 2. The zero-order chi connectivity index (χ0) is 10.7. The summed E-state index contributed by atoms with van der Waals surface area (Å²) in [4.78, 5) is 2.65. The fraction of sp³-hybridized carbons (Fsp3) is 1.00. The van der Waals surface area contributed by atoms with Gasteiger partial charge in [-0.3, -0.25) is 0 Å². The molecule has 2 fully saturated rings. The molecule has 1 aliphatic heterocycles. The lowest BCUT2D eigenvalue weighted by Gasteiger charge is -2.39. The van der Waals surface area contributed by atoms with E-state index in [4.69, 9.17) is 0 Å². The molecule has 0 spiro atoms. The van der Waals surface area contributed by atoms with Crippen LogP contribution >= 0.6 is 0 Å². The van der Waals surface area contributed by atoms with Crippen LogP contribution < -0.4 is 0 Å². The van der Waals surface area contributed by atoms with Gasteiger partial charge in [-0.25, -0.2) is 0 Å². The van der Waals surface area contributed by atoms with Crippen LogP contribution in [0.1, 0.15) is 58.8 Å². The molecule has 1 saturated carbocycles. The van der Waals surface area contributed by atoms with Crippen LogP contribution in [-0.2, 0) is 0 Å². The average Bonchev–Trinajstić information content (AvgIpc) is 2.30. The van der Waals surface area contributed by atoms with E-state index in [2.05, 4.69) is 18.7 Å². The standard InChI is InChI=1S/C14H27N/c1-12(2)15-10-8-14(9-11-15)13-6-4-3-5-7-13/h12-14H,3-11H2,1-2H3. The smallest absolute Gasteiger partial charge is 0.00385 e. The van der Waals surface area contributed by atoms with Crippen molar-refractivity contribution in [1.82, 2.24) is 4.90 Å². The second-order valence-corrected chi connectivity index (χ2v) is 5.87. The quantitative estimate of drug-likeness (QED) is 0.670. The maximum absolute atomic E-state index is 2.65. The molecule has 1 heterocycles. The van der Waals surface area contributed by atoms with E-state index < -0.39 is 0 Å². The van der Waals surface area contributed by atoms with Gasteiger partial charge in [0.05, 0.1) is 0 Å². The maximum Gasteiger partial charge on any atom is 0.00385 e. The lowest BCUT2D eigenvalue weighted by atomic mass is 9.76. The molecule has 1 aliphatic carbocycles. The van der Waals surface area contributed by atoms with E-state index in [0.717, 1.165) is 17.9 Å². The van der Waals surface area contributed by atoms with Crippen molar-refractivity contribution in [2.45, 2.75) is 64.8 Å². The minimum atomic E-state index is 0.761. The summed E-state index contributed by atoms with van der Waals surface area (Å²) in [5.41, 5.74) is 0. The summed E-state index contributed by atoms with van der Waals surface area (Å²) in [6.07, 6.45) is 10.5. The predicted octanol–water partition coefficient (Wildman–Crippen LogP) is 3.69. The van der Waals surface area contributed by atoms with Crippen molar-refractivity contribution in [3.05, 3.63) is 0 Å². The third kappa shape index (κ3) is 2.96. The first-order chi connectivity index (χ1) is 7.27. The van der Waals surface area contributed by atoms with E-state index in [0.29, 0.717) is 0 Å². The summed E-state index contributed by atoms with van der Waals surface area (Å²) in [7, 11) is 0. The van der Waals surface area contributed by atoms with E-state index in [9.17, 15) is 0 Å². The molecular weight excluding hydrogens is 182 g/mol. The lowest BCUT2D eigenvalue weighted by molar-refractivity contribution is 0.106. The fourth-order valence-electron chi connectivity index (χ4n) is 3.51. The van der Waals surface area contributed by atoms with Crippen molar-refractivity contribution in [2.24, 2.45) is 11.8 Å². The van der Waals surface area contributed by atoms with Crippen LogP contribution in [0.4, 0.5) is 0 Å². The zero-order valence-electron chi connectivity index (χ0n) is 10.5.